The van der Waals surface area contributed by atoms with Crippen molar-refractivity contribution in [3.05, 3.63) is 29.8 Å². The number of fused-ring (bicyclic) bond motifs is 1. The third-order valence-electron chi connectivity index (χ3n) is 3.41. The standard InChI is InChI=1S/C14H22N2/c1-11(15)6-5-9-16-12(2)10-13-7-3-4-8-14(13)16/h3-4,7-8,11-12H,5-6,9-10,15H2,1-2H3. The van der Waals surface area contributed by atoms with Crippen LogP contribution in [-0.4, -0.2) is 18.6 Å². The SMILES string of the molecule is CC(N)CCCN1c2ccccc2CC1C. The van der Waals surface area contributed by atoms with Crippen LogP contribution in [0.2, 0.25) is 0 Å². The number of benzene rings is 1. The van der Waals surface area contributed by atoms with E-state index >= 15 is 0 Å². The summed E-state index contributed by atoms with van der Waals surface area (Å²) in [5.74, 6) is 0. The van der Waals surface area contributed by atoms with Gasteiger partial charge in [-0.15, -0.1) is 0 Å². The van der Waals surface area contributed by atoms with Crippen molar-refractivity contribution in [1.29, 1.82) is 0 Å². The van der Waals surface area contributed by atoms with Crippen molar-refractivity contribution in [2.75, 3.05) is 11.4 Å². The first-order valence-corrected chi connectivity index (χ1v) is 6.28. The van der Waals surface area contributed by atoms with E-state index < -0.39 is 0 Å². The van der Waals surface area contributed by atoms with Gasteiger partial charge < -0.3 is 10.6 Å². The van der Waals surface area contributed by atoms with Crippen molar-refractivity contribution in [3.63, 3.8) is 0 Å². The van der Waals surface area contributed by atoms with Crippen molar-refractivity contribution in [2.45, 2.75) is 45.2 Å². The molecule has 2 unspecified atom stereocenters. The van der Waals surface area contributed by atoms with E-state index in [0.717, 1.165) is 13.0 Å². The molecule has 2 atom stereocenters. The maximum atomic E-state index is 5.79. The summed E-state index contributed by atoms with van der Waals surface area (Å²) in [5.41, 5.74) is 8.71. The van der Waals surface area contributed by atoms with Gasteiger partial charge in [-0.1, -0.05) is 18.2 Å². The molecule has 0 aliphatic carbocycles. The largest absolute Gasteiger partial charge is 0.368 e. The van der Waals surface area contributed by atoms with Gasteiger partial charge in [0.2, 0.25) is 0 Å². The summed E-state index contributed by atoms with van der Waals surface area (Å²) >= 11 is 0. The van der Waals surface area contributed by atoms with Crippen LogP contribution in [-0.2, 0) is 6.42 Å². The highest BCUT2D eigenvalue weighted by molar-refractivity contribution is 5.59. The Morgan fingerprint density at radius 3 is 2.94 bits per heavy atom. The fourth-order valence-electron chi connectivity index (χ4n) is 2.55. The van der Waals surface area contributed by atoms with E-state index in [1.165, 1.54) is 24.1 Å². The lowest BCUT2D eigenvalue weighted by Gasteiger charge is -2.25. The quantitative estimate of drug-likeness (QED) is 0.841. The molecule has 0 spiro atoms. The Kier molecular flexibility index (Phi) is 3.49. The summed E-state index contributed by atoms with van der Waals surface area (Å²) < 4.78 is 0. The molecule has 1 aliphatic heterocycles. The van der Waals surface area contributed by atoms with Crippen LogP contribution in [0.15, 0.2) is 24.3 Å². The lowest BCUT2D eigenvalue weighted by Crippen LogP contribution is -2.31. The highest BCUT2D eigenvalue weighted by Gasteiger charge is 2.24. The Morgan fingerprint density at radius 1 is 1.44 bits per heavy atom. The van der Waals surface area contributed by atoms with Crippen LogP contribution < -0.4 is 10.6 Å². The summed E-state index contributed by atoms with van der Waals surface area (Å²) in [4.78, 5) is 2.53. The average Bonchev–Trinajstić information content (AvgIpc) is 2.55. The smallest absolute Gasteiger partial charge is 0.0402 e. The van der Waals surface area contributed by atoms with Gasteiger partial charge in [0.25, 0.3) is 0 Å². The molecule has 0 radical (unpaired) electrons. The zero-order valence-electron chi connectivity index (χ0n) is 10.3. The van der Waals surface area contributed by atoms with E-state index in [-0.39, 0.29) is 0 Å². The second kappa shape index (κ2) is 4.88. The fraction of sp³-hybridized carbons (Fsp3) is 0.571. The third-order valence-corrected chi connectivity index (χ3v) is 3.41. The molecule has 1 aromatic carbocycles. The van der Waals surface area contributed by atoms with Gasteiger partial charge in [-0.05, 0) is 44.7 Å². The Morgan fingerprint density at radius 2 is 2.19 bits per heavy atom. The van der Waals surface area contributed by atoms with E-state index in [0.29, 0.717) is 12.1 Å². The second-order valence-corrected chi connectivity index (χ2v) is 4.99. The number of hydrogen-bond donors (Lipinski definition) is 1. The zero-order valence-corrected chi connectivity index (χ0v) is 10.3. The first-order valence-electron chi connectivity index (χ1n) is 6.28. The van der Waals surface area contributed by atoms with Gasteiger partial charge in [-0.2, -0.15) is 0 Å². The van der Waals surface area contributed by atoms with Gasteiger partial charge in [0.05, 0.1) is 0 Å². The number of nitrogens with two attached hydrogens (primary N) is 1. The zero-order chi connectivity index (χ0) is 11.5. The first-order chi connectivity index (χ1) is 7.68. The van der Waals surface area contributed by atoms with Crippen LogP contribution in [0, 0.1) is 0 Å². The maximum absolute atomic E-state index is 5.79. The molecule has 0 amide bonds. The van der Waals surface area contributed by atoms with Crippen molar-refractivity contribution in [1.82, 2.24) is 0 Å². The van der Waals surface area contributed by atoms with Gasteiger partial charge >= 0.3 is 0 Å². The van der Waals surface area contributed by atoms with Gasteiger partial charge in [-0.3, -0.25) is 0 Å². The normalized spacial score (nSPS) is 20.9. The van der Waals surface area contributed by atoms with Crippen molar-refractivity contribution in [3.8, 4) is 0 Å². The van der Waals surface area contributed by atoms with E-state index in [2.05, 4.69) is 43.0 Å². The highest BCUT2D eigenvalue weighted by atomic mass is 15.2. The van der Waals surface area contributed by atoms with Crippen molar-refractivity contribution >= 4 is 5.69 Å². The molecule has 0 saturated heterocycles. The summed E-state index contributed by atoms with van der Waals surface area (Å²) in [6.45, 7) is 5.53. The molecule has 2 rings (SSSR count). The molecule has 0 bridgehead atoms. The number of rotatable bonds is 4. The Balaban J connectivity index is 1.99. The van der Waals surface area contributed by atoms with Crippen LogP contribution in [0.25, 0.3) is 0 Å². The molecule has 1 aliphatic rings. The summed E-state index contributed by atoms with van der Waals surface area (Å²) in [7, 11) is 0. The molecule has 0 fully saturated rings. The molecule has 2 heteroatoms. The molecule has 2 nitrogen and oxygen atoms in total. The highest BCUT2D eigenvalue weighted by Crippen LogP contribution is 2.31. The number of anilines is 1. The average molecular weight is 218 g/mol. The van der Waals surface area contributed by atoms with Crippen LogP contribution in [0.3, 0.4) is 0 Å². The molecular formula is C14H22N2. The molecule has 2 N–H and O–H groups in total. The maximum Gasteiger partial charge on any atom is 0.0402 e. The van der Waals surface area contributed by atoms with Crippen LogP contribution in [0.1, 0.15) is 32.3 Å². The predicted molar refractivity (Wildman–Crippen MR) is 69.8 cm³/mol. The third kappa shape index (κ3) is 2.38. The lowest BCUT2D eigenvalue weighted by atomic mass is 10.1. The summed E-state index contributed by atoms with van der Waals surface area (Å²) in [6, 6.07) is 9.73. The van der Waals surface area contributed by atoms with E-state index in [1.54, 1.807) is 0 Å². The van der Waals surface area contributed by atoms with Crippen LogP contribution in [0.4, 0.5) is 5.69 Å². The van der Waals surface area contributed by atoms with E-state index in [4.69, 9.17) is 5.73 Å². The van der Waals surface area contributed by atoms with Gasteiger partial charge in [0, 0.05) is 24.3 Å². The van der Waals surface area contributed by atoms with Crippen molar-refractivity contribution < 1.29 is 0 Å². The van der Waals surface area contributed by atoms with Gasteiger partial charge in [0.1, 0.15) is 0 Å². The minimum atomic E-state index is 0.327. The second-order valence-electron chi connectivity index (χ2n) is 4.99. The molecule has 1 heterocycles. The number of hydrogen-bond acceptors (Lipinski definition) is 2. The first kappa shape index (κ1) is 11.5. The number of para-hydroxylation sites is 1. The van der Waals surface area contributed by atoms with Crippen LogP contribution in [0.5, 0.6) is 0 Å². The molecule has 0 aromatic heterocycles. The Bertz CT molecular complexity index is 346. The van der Waals surface area contributed by atoms with Gasteiger partial charge in [0.15, 0.2) is 0 Å². The Labute approximate surface area is 98.4 Å². The topological polar surface area (TPSA) is 29.3 Å². The predicted octanol–water partition coefficient (Wildman–Crippen LogP) is 2.57. The monoisotopic (exact) mass is 218 g/mol. The van der Waals surface area contributed by atoms with Crippen molar-refractivity contribution in [2.24, 2.45) is 5.73 Å². The fourth-order valence-corrected chi connectivity index (χ4v) is 2.55. The van der Waals surface area contributed by atoms with E-state index in [9.17, 15) is 0 Å². The number of nitrogens with zero attached hydrogens (tertiary/aromatic N) is 1. The molecule has 16 heavy (non-hydrogen) atoms. The summed E-state index contributed by atoms with van der Waals surface area (Å²) in [6.07, 6.45) is 3.50. The molecular weight excluding hydrogens is 196 g/mol. The molecule has 0 saturated carbocycles. The van der Waals surface area contributed by atoms with Crippen LogP contribution >= 0.6 is 0 Å². The Hall–Kier alpha value is -1.02. The minimum absolute atomic E-state index is 0.327. The molecule has 1 aromatic rings. The lowest BCUT2D eigenvalue weighted by molar-refractivity contribution is 0.585. The van der Waals surface area contributed by atoms with Gasteiger partial charge in [-0.25, -0.2) is 0 Å². The van der Waals surface area contributed by atoms with E-state index in [1.807, 2.05) is 0 Å². The molecule has 88 valence electrons. The summed E-state index contributed by atoms with van der Waals surface area (Å²) in [5, 5.41) is 0. The minimum Gasteiger partial charge on any atom is -0.368 e.